The van der Waals surface area contributed by atoms with E-state index in [-0.39, 0.29) is 18.9 Å². The zero-order chi connectivity index (χ0) is 19.5. The van der Waals surface area contributed by atoms with Gasteiger partial charge in [0.1, 0.15) is 19.1 Å². The molecule has 0 aliphatic rings. The standard InChI is InChI=1S/C17H18FN5O4/c18-4-5-25-17(27-23-16(24)14-8-21-11-22-9-14)15(26-10-20)13-3-1-2-12(6-13)7-19/h1-3,6,8-9,11,15,17H,4-5,10,20H2,(H,23,24). The Hall–Kier alpha value is -2.97. The second-order valence-corrected chi connectivity index (χ2v) is 5.10. The minimum atomic E-state index is -1.22. The highest BCUT2D eigenvalue weighted by molar-refractivity contribution is 5.92. The van der Waals surface area contributed by atoms with Crippen LogP contribution in [0.5, 0.6) is 0 Å². The molecule has 2 atom stereocenters. The summed E-state index contributed by atoms with van der Waals surface area (Å²) in [6.07, 6.45) is 1.74. The first kappa shape index (κ1) is 20.3. The normalized spacial score (nSPS) is 12.8. The number of hydroxylamine groups is 1. The van der Waals surface area contributed by atoms with Crippen molar-refractivity contribution in [2.24, 2.45) is 5.73 Å². The van der Waals surface area contributed by atoms with Crippen LogP contribution >= 0.6 is 0 Å². The summed E-state index contributed by atoms with van der Waals surface area (Å²) in [7, 11) is 0. The van der Waals surface area contributed by atoms with Crippen molar-refractivity contribution >= 4 is 5.91 Å². The van der Waals surface area contributed by atoms with Crippen molar-refractivity contribution in [1.82, 2.24) is 15.4 Å². The van der Waals surface area contributed by atoms with E-state index < -0.39 is 25.0 Å². The fraction of sp³-hybridized carbons (Fsp3) is 0.294. The van der Waals surface area contributed by atoms with Crippen LogP contribution in [-0.2, 0) is 14.3 Å². The first-order valence-electron chi connectivity index (χ1n) is 7.90. The summed E-state index contributed by atoms with van der Waals surface area (Å²) < 4.78 is 23.4. The van der Waals surface area contributed by atoms with Crippen LogP contribution in [0.2, 0.25) is 0 Å². The van der Waals surface area contributed by atoms with Gasteiger partial charge in [0.25, 0.3) is 5.91 Å². The Labute approximate surface area is 154 Å². The summed E-state index contributed by atoms with van der Waals surface area (Å²) in [6.45, 7) is -1.26. The van der Waals surface area contributed by atoms with Crippen LogP contribution in [0.4, 0.5) is 4.39 Å². The molecule has 2 aromatic rings. The minimum absolute atomic E-state index is 0.157. The van der Waals surface area contributed by atoms with Gasteiger partial charge in [0.05, 0.1) is 30.5 Å². The highest BCUT2D eigenvalue weighted by Crippen LogP contribution is 2.25. The maximum atomic E-state index is 12.6. The molecule has 0 aliphatic heterocycles. The van der Waals surface area contributed by atoms with E-state index in [0.717, 1.165) is 0 Å². The average molecular weight is 375 g/mol. The van der Waals surface area contributed by atoms with Crippen LogP contribution in [-0.4, -0.2) is 42.2 Å². The van der Waals surface area contributed by atoms with Crippen molar-refractivity contribution in [3.63, 3.8) is 0 Å². The van der Waals surface area contributed by atoms with Gasteiger partial charge in [0.2, 0.25) is 6.29 Å². The minimum Gasteiger partial charge on any atom is -0.353 e. The second kappa shape index (κ2) is 10.9. The Morgan fingerprint density at radius 3 is 2.78 bits per heavy atom. The maximum Gasteiger partial charge on any atom is 0.278 e. The fourth-order valence-electron chi connectivity index (χ4n) is 2.15. The number of ether oxygens (including phenoxy) is 2. The Morgan fingerprint density at radius 2 is 2.11 bits per heavy atom. The molecule has 1 aromatic carbocycles. The molecule has 1 aromatic heterocycles. The summed E-state index contributed by atoms with van der Waals surface area (Å²) >= 11 is 0. The van der Waals surface area contributed by atoms with E-state index >= 15 is 0 Å². The third kappa shape index (κ3) is 6.05. The number of halogens is 1. The number of nitrogens with one attached hydrogen (secondary N) is 1. The van der Waals surface area contributed by atoms with E-state index in [1.807, 2.05) is 6.07 Å². The molecule has 0 spiro atoms. The fourth-order valence-corrected chi connectivity index (χ4v) is 2.15. The SMILES string of the molecule is N#Cc1cccc(C(OCN)C(OCCF)ONC(=O)c2cncnc2)c1. The molecular weight excluding hydrogens is 357 g/mol. The molecule has 2 unspecified atom stereocenters. The third-order valence-electron chi connectivity index (χ3n) is 3.32. The predicted molar refractivity (Wildman–Crippen MR) is 90.3 cm³/mol. The number of benzene rings is 1. The van der Waals surface area contributed by atoms with Crippen molar-refractivity contribution in [3.05, 3.63) is 59.7 Å². The van der Waals surface area contributed by atoms with Gasteiger partial charge in [-0.05, 0) is 17.7 Å². The molecule has 0 aliphatic carbocycles. The molecule has 0 saturated heterocycles. The lowest BCUT2D eigenvalue weighted by atomic mass is 10.1. The van der Waals surface area contributed by atoms with E-state index in [1.54, 1.807) is 24.3 Å². The molecule has 2 rings (SSSR count). The lowest BCUT2D eigenvalue weighted by molar-refractivity contribution is -0.229. The molecule has 1 heterocycles. The smallest absolute Gasteiger partial charge is 0.278 e. The van der Waals surface area contributed by atoms with E-state index in [2.05, 4.69) is 15.4 Å². The van der Waals surface area contributed by atoms with Gasteiger partial charge in [-0.3, -0.25) is 4.79 Å². The van der Waals surface area contributed by atoms with E-state index in [1.165, 1.54) is 18.7 Å². The highest BCUT2D eigenvalue weighted by Gasteiger charge is 2.27. The van der Waals surface area contributed by atoms with Gasteiger partial charge in [0, 0.05) is 12.4 Å². The first-order valence-corrected chi connectivity index (χ1v) is 7.90. The predicted octanol–water partition coefficient (Wildman–Crippen LogP) is 0.996. The molecule has 142 valence electrons. The molecule has 0 saturated carbocycles. The zero-order valence-corrected chi connectivity index (χ0v) is 14.2. The highest BCUT2D eigenvalue weighted by atomic mass is 19.1. The van der Waals surface area contributed by atoms with Crippen LogP contribution < -0.4 is 11.2 Å². The van der Waals surface area contributed by atoms with E-state index in [4.69, 9.17) is 25.3 Å². The van der Waals surface area contributed by atoms with Crippen molar-refractivity contribution in [1.29, 1.82) is 5.26 Å². The van der Waals surface area contributed by atoms with Crippen molar-refractivity contribution in [2.75, 3.05) is 20.0 Å². The molecule has 3 N–H and O–H groups in total. The number of carbonyl (C=O) groups excluding carboxylic acids is 1. The van der Waals surface area contributed by atoms with Crippen molar-refractivity contribution < 1.29 is 23.5 Å². The molecule has 1 amide bonds. The third-order valence-corrected chi connectivity index (χ3v) is 3.32. The van der Waals surface area contributed by atoms with Crippen LogP contribution in [0.25, 0.3) is 0 Å². The molecule has 9 nitrogen and oxygen atoms in total. The number of rotatable bonds is 10. The summed E-state index contributed by atoms with van der Waals surface area (Å²) in [5, 5.41) is 9.06. The molecule has 0 radical (unpaired) electrons. The van der Waals surface area contributed by atoms with Gasteiger partial charge in [-0.1, -0.05) is 12.1 Å². The van der Waals surface area contributed by atoms with Crippen LogP contribution in [0, 0.1) is 11.3 Å². The average Bonchev–Trinajstić information content (AvgIpc) is 2.73. The quantitative estimate of drug-likeness (QED) is 0.464. The molecule has 10 heteroatoms. The number of hydrogen-bond donors (Lipinski definition) is 2. The summed E-state index contributed by atoms with van der Waals surface area (Å²) in [6, 6.07) is 8.49. The topological polar surface area (TPSA) is 132 Å². The number of nitrogens with two attached hydrogens (primary N) is 1. The molecule has 0 bridgehead atoms. The van der Waals surface area contributed by atoms with E-state index in [9.17, 15) is 9.18 Å². The second-order valence-electron chi connectivity index (χ2n) is 5.10. The zero-order valence-electron chi connectivity index (χ0n) is 14.2. The molecule has 27 heavy (non-hydrogen) atoms. The van der Waals surface area contributed by atoms with E-state index in [0.29, 0.717) is 11.1 Å². The number of carbonyl (C=O) groups is 1. The monoisotopic (exact) mass is 375 g/mol. The summed E-state index contributed by atoms with van der Waals surface area (Å²) in [4.78, 5) is 24.8. The van der Waals surface area contributed by atoms with Crippen molar-refractivity contribution in [2.45, 2.75) is 12.4 Å². The van der Waals surface area contributed by atoms with Gasteiger partial charge < -0.3 is 15.2 Å². The Balaban J connectivity index is 2.17. The Bertz CT molecular complexity index is 771. The lowest BCUT2D eigenvalue weighted by Gasteiger charge is -2.26. The van der Waals surface area contributed by atoms with Gasteiger partial charge in [-0.15, -0.1) is 0 Å². The van der Waals surface area contributed by atoms with Crippen LogP contribution in [0.3, 0.4) is 0 Å². The summed E-state index contributed by atoms with van der Waals surface area (Å²) in [5.74, 6) is -0.623. The number of hydrogen-bond acceptors (Lipinski definition) is 8. The number of nitrogens with zero attached hydrogens (tertiary/aromatic N) is 3. The van der Waals surface area contributed by atoms with Gasteiger partial charge in [0.15, 0.2) is 0 Å². The number of nitriles is 1. The summed E-state index contributed by atoms with van der Waals surface area (Å²) in [5.41, 5.74) is 8.72. The lowest BCUT2D eigenvalue weighted by Crippen LogP contribution is -2.37. The molecule has 0 fully saturated rings. The van der Waals surface area contributed by atoms with Crippen molar-refractivity contribution in [3.8, 4) is 6.07 Å². The van der Waals surface area contributed by atoms with Crippen LogP contribution in [0.15, 0.2) is 43.0 Å². The largest absolute Gasteiger partial charge is 0.353 e. The Morgan fingerprint density at radius 1 is 1.33 bits per heavy atom. The number of aromatic nitrogens is 2. The molecular formula is C17H18FN5O4. The Kier molecular flexibility index (Phi) is 8.21. The van der Waals surface area contributed by atoms with Gasteiger partial charge in [-0.25, -0.2) is 24.7 Å². The van der Waals surface area contributed by atoms with Crippen LogP contribution in [0.1, 0.15) is 27.6 Å². The number of amides is 1. The first-order chi connectivity index (χ1) is 13.2. The van der Waals surface area contributed by atoms with Gasteiger partial charge >= 0.3 is 0 Å². The maximum absolute atomic E-state index is 12.6. The number of alkyl halides is 1. The van der Waals surface area contributed by atoms with Gasteiger partial charge in [-0.2, -0.15) is 5.26 Å².